The maximum Gasteiger partial charge on any atom is 0.0424 e. The molecule has 16 heavy (non-hydrogen) atoms. The Balaban J connectivity index is 2.42. The number of nitrogens with zero attached hydrogens (tertiary/aromatic N) is 1. The third-order valence-electron chi connectivity index (χ3n) is 3.06. The van der Waals surface area contributed by atoms with E-state index in [4.69, 9.17) is 5.73 Å². The first-order valence-electron chi connectivity index (χ1n) is 6.12. The van der Waals surface area contributed by atoms with Crippen LogP contribution < -0.4 is 5.73 Å². The minimum atomic E-state index is 0.121. The van der Waals surface area contributed by atoms with E-state index < -0.39 is 0 Å². The molecule has 1 rings (SSSR count). The molecular formula is C14H24N2. The molecule has 0 saturated carbocycles. The Morgan fingerprint density at radius 1 is 1.19 bits per heavy atom. The van der Waals surface area contributed by atoms with Crippen molar-refractivity contribution in [2.24, 2.45) is 11.7 Å². The standard InChI is InChI=1S/C14H24N2/c1-4-12(2)10-16(3)11-14(15)13-8-6-5-7-9-13/h5-9,12,14H,4,10-11,15H2,1-3H3. The van der Waals surface area contributed by atoms with Gasteiger partial charge in [0.2, 0.25) is 0 Å². The fraction of sp³-hybridized carbons (Fsp3) is 0.571. The zero-order valence-corrected chi connectivity index (χ0v) is 10.7. The van der Waals surface area contributed by atoms with Crippen molar-refractivity contribution in [1.82, 2.24) is 4.90 Å². The second-order valence-corrected chi connectivity index (χ2v) is 4.75. The zero-order chi connectivity index (χ0) is 12.0. The van der Waals surface area contributed by atoms with Gasteiger partial charge in [-0.2, -0.15) is 0 Å². The molecule has 2 nitrogen and oxygen atoms in total. The van der Waals surface area contributed by atoms with E-state index in [1.54, 1.807) is 0 Å². The van der Waals surface area contributed by atoms with Gasteiger partial charge in [-0.05, 0) is 18.5 Å². The van der Waals surface area contributed by atoms with E-state index in [0.717, 1.165) is 19.0 Å². The van der Waals surface area contributed by atoms with Gasteiger partial charge in [0.1, 0.15) is 0 Å². The summed E-state index contributed by atoms with van der Waals surface area (Å²) < 4.78 is 0. The Morgan fingerprint density at radius 3 is 2.38 bits per heavy atom. The maximum atomic E-state index is 6.17. The summed E-state index contributed by atoms with van der Waals surface area (Å²) in [5.41, 5.74) is 7.39. The smallest absolute Gasteiger partial charge is 0.0424 e. The fourth-order valence-corrected chi connectivity index (χ4v) is 1.88. The minimum absolute atomic E-state index is 0.121. The molecule has 2 atom stereocenters. The molecule has 1 aromatic carbocycles. The summed E-state index contributed by atoms with van der Waals surface area (Å²) in [6, 6.07) is 10.4. The monoisotopic (exact) mass is 220 g/mol. The Hall–Kier alpha value is -0.860. The SMILES string of the molecule is CCC(C)CN(C)CC(N)c1ccccc1. The molecular weight excluding hydrogens is 196 g/mol. The molecule has 0 aliphatic carbocycles. The average molecular weight is 220 g/mol. The summed E-state index contributed by atoms with van der Waals surface area (Å²) in [7, 11) is 2.15. The summed E-state index contributed by atoms with van der Waals surface area (Å²) in [5, 5.41) is 0. The normalized spacial score (nSPS) is 15.1. The van der Waals surface area contributed by atoms with Gasteiger partial charge in [0.25, 0.3) is 0 Å². The van der Waals surface area contributed by atoms with Crippen molar-refractivity contribution in [3.8, 4) is 0 Å². The van der Waals surface area contributed by atoms with Crippen LogP contribution >= 0.6 is 0 Å². The minimum Gasteiger partial charge on any atom is -0.323 e. The molecule has 1 aromatic rings. The highest BCUT2D eigenvalue weighted by molar-refractivity contribution is 5.18. The highest BCUT2D eigenvalue weighted by Crippen LogP contribution is 2.11. The molecule has 0 radical (unpaired) electrons. The first kappa shape index (κ1) is 13.2. The molecule has 0 aromatic heterocycles. The van der Waals surface area contributed by atoms with Crippen LogP contribution in [0.15, 0.2) is 30.3 Å². The van der Waals surface area contributed by atoms with Gasteiger partial charge < -0.3 is 10.6 Å². The lowest BCUT2D eigenvalue weighted by Gasteiger charge is -2.24. The Morgan fingerprint density at radius 2 is 1.81 bits per heavy atom. The second-order valence-electron chi connectivity index (χ2n) is 4.75. The molecule has 0 spiro atoms. The lowest BCUT2D eigenvalue weighted by molar-refractivity contribution is 0.267. The summed E-state index contributed by atoms with van der Waals surface area (Å²) in [4.78, 5) is 2.33. The largest absolute Gasteiger partial charge is 0.323 e. The Kier molecular flexibility index (Phi) is 5.50. The quantitative estimate of drug-likeness (QED) is 0.798. The van der Waals surface area contributed by atoms with Crippen LogP contribution in [0.3, 0.4) is 0 Å². The van der Waals surface area contributed by atoms with Crippen LogP contribution in [0.1, 0.15) is 31.9 Å². The molecule has 2 heteroatoms. The van der Waals surface area contributed by atoms with E-state index in [1.165, 1.54) is 12.0 Å². The number of hydrogen-bond donors (Lipinski definition) is 1. The molecule has 0 aliphatic heterocycles. The Labute approximate surface area is 99.5 Å². The second kappa shape index (κ2) is 6.66. The van der Waals surface area contributed by atoms with Gasteiger partial charge in [-0.15, -0.1) is 0 Å². The van der Waals surface area contributed by atoms with Crippen LogP contribution in [0.5, 0.6) is 0 Å². The number of rotatable bonds is 6. The molecule has 2 N–H and O–H groups in total. The van der Waals surface area contributed by atoms with Crippen LogP contribution in [-0.2, 0) is 0 Å². The lowest BCUT2D eigenvalue weighted by Crippen LogP contribution is -2.32. The molecule has 0 amide bonds. The van der Waals surface area contributed by atoms with E-state index in [0.29, 0.717) is 0 Å². The Bertz CT molecular complexity index is 284. The van der Waals surface area contributed by atoms with Crippen molar-refractivity contribution < 1.29 is 0 Å². The van der Waals surface area contributed by atoms with Gasteiger partial charge >= 0.3 is 0 Å². The van der Waals surface area contributed by atoms with E-state index >= 15 is 0 Å². The first-order chi connectivity index (χ1) is 7.63. The first-order valence-corrected chi connectivity index (χ1v) is 6.12. The van der Waals surface area contributed by atoms with Crippen molar-refractivity contribution in [1.29, 1.82) is 0 Å². The highest BCUT2D eigenvalue weighted by Gasteiger charge is 2.10. The number of hydrogen-bond acceptors (Lipinski definition) is 2. The van der Waals surface area contributed by atoms with Crippen molar-refractivity contribution in [2.75, 3.05) is 20.1 Å². The van der Waals surface area contributed by atoms with Crippen molar-refractivity contribution in [2.45, 2.75) is 26.3 Å². The predicted octanol–water partition coefficient (Wildman–Crippen LogP) is 2.66. The lowest BCUT2D eigenvalue weighted by atomic mass is 10.1. The molecule has 0 aliphatic rings. The third kappa shape index (κ3) is 4.33. The van der Waals surface area contributed by atoms with Gasteiger partial charge in [-0.1, -0.05) is 50.6 Å². The van der Waals surface area contributed by atoms with Crippen molar-refractivity contribution in [3.05, 3.63) is 35.9 Å². The van der Waals surface area contributed by atoms with E-state index in [2.05, 4.69) is 37.9 Å². The predicted molar refractivity (Wildman–Crippen MR) is 70.3 cm³/mol. The van der Waals surface area contributed by atoms with Gasteiger partial charge in [0.15, 0.2) is 0 Å². The summed E-state index contributed by atoms with van der Waals surface area (Å²) in [6.45, 7) is 6.56. The van der Waals surface area contributed by atoms with Crippen molar-refractivity contribution in [3.63, 3.8) is 0 Å². The summed E-state index contributed by atoms with van der Waals surface area (Å²) in [6.07, 6.45) is 1.23. The maximum absolute atomic E-state index is 6.17. The molecule has 0 fully saturated rings. The molecule has 2 unspecified atom stereocenters. The number of benzene rings is 1. The van der Waals surface area contributed by atoms with Crippen LogP contribution in [-0.4, -0.2) is 25.0 Å². The van der Waals surface area contributed by atoms with Crippen molar-refractivity contribution >= 4 is 0 Å². The third-order valence-corrected chi connectivity index (χ3v) is 3.06. The highest BCUT2D eigenvalue weighted by atomic mass is 15.1. The van der Waals surface area contributed by atoms with E-state index in [9.17, 15) is 0 Å². The fourth-order valence-electron chi connectivity index (χ4n) is 1.88. The van der Waals surface area contributed by atoms with Crippen LogP contribution in [0, 0.1) is 5.92 Å². The zero-order valence-electron chi connectivity index (χ0n) is 10.7. The summed E-state index contributed by atoms with van der Waals surface area (Å²) in [5.74, 6) is 0.743. The van der Waals surface area contributed by atoms with Crippen LogP contribution in [0.25, 0.3) is 0 Å². The average Bonchev–Trinajstić information content (AvgIpc) is 2.29. The van der Waals surface area contributed by atoms with Crippen LogP contribution in [0.2, 0.25) is 0 Å². The molecule has 0 bridgehead atoms. The number of likely N-dealkylation sites (N-methyl/N-ethyl adjacent to an activating group) is 1. The summed E-state index contributed by atoms with van der Waals surface area (Å²) >= 11 is 0. The molecule has 0 saturated heterocycles. The molecule has 0 heterocycles. The number of nitrogens with two attached hydrogens (primary N) is 1. The van der Waals surface area contributed by atoms with Gasteiger partial charge in [-0.3, -0.25) is 0 Å². The topological polar surface area (TPSA) is 29.3 Å². The van der Waals surface area contributed by atoms with Gasteiger partial charge in [-0.25, -0.2) is 0 Å². The van der Waals surface area contributed by atoms with Crippen LogP contribution in [0.4, 0.5) is 0 Å². The van der Waals surface area contributed by atoms with Gasteiger partial charge in [0, 0.05) is 19.1 Å². The van der Waals surface area contributed by atoms with Gasteiger partial charge in [0.05, 0.1) is 0 Å². The van der Waals surface area contributed by atoms with E-state index in [1.807, 2.05) is 18.2 Å². The van der Waals surface area contributed by atoms with E-state index in [-0.39, 0.29) is 6.04 Å². The molecule has 90 valence electrons.